The zero-order valence-corrected chi connectivity index (χ0v) is 12.2. The van der Waals surface area contributed by atoms with Crippen LogP contribution in [-0.4, -0.2) is 19.5 Å². The Morgan fingerprint density at radius 2 is 1.90 bits per heavy atom. The van der Waals surface area contributed by atoms with Crippen LogP contribution in [0.25, 0.3) is 11.2 Å². The minimum atomic E-state index is 0.162. The van der Waals surface area contributed by atoms with E-state index in [4.69, 9.17) is 23.2 Å². The van der Waals surface area contributed by atoms with Gasteiger partial charge in [0.25, 0.3) is 0 Å². The molecule has 0 fully saturated rings. The van der Waals surface area contributed by atoms with Crippen molar-refractivity contribution in [3.8, 4) is 0 Å². The van der Waals surface area contributed by atoms with Gasteiger partial charge in [0.15, 0.2) is 11.5 Å². The second kappa shape index (κ2) is 5.26. The van der Waals surface area contributed by atoms with E-state index in [2.05, 4.69) is 20.3 Å². The number of aryl methyl sites for hydroxylation is 1. The molecule has 0 unspecified atom stereocenters. The molecule has 7 heteroatoms. The first-order valence-corrected chi connectivity index (χ1v) is 6.84. The van der Waals surface area contributed by atoms with Crippen LogP contribution in [0, 0.1) is 0 Å². The Morgan fingerprint density at radius 3 is 2.60 bits per heavy atom. The van der Waals surface area contributed by atoms with Crippen molar-refractivity contribution < 1.29 is 0 Å². The van der Waals surface area contributed by atoms with Gasteiger partial charge in [0.1, 0.15) is 5.52 Å². The van der Waals surface area contributed by atoms with Crippen molar-refractivity contribution >= 4 is 45.9 Å². The summed E-state index contributed by atoms with van der Waals surface area (Å²) < 4.78 is 1.96. The summed E-state index contributed by atoms with van der Waals surface area (Å²) in [5.41, 5.74) is 2.27. The van der Waals surface area contributed by atoms with Crippen molar-refractivity contribution in [2.24, 2.45) is 0 Å². The third-order valence-corrected chi connectivity index (χ3v) is 3.31. The maximum absolute atomic E-state index is 5.94. The first-order chi connectivity index (χ1) is 9.67. The highest BCUT2D eigenvalue weighted by Crippen LogP contribution is 2.25. The van der Waals surface area contributed by atoms with Crippen LogP contribution in [0.4, 0.5) is 11.5 Å². The predicted octanol–water partition coefficient (Wildman–Crippen LogP) is 3.90. The average Bonchev–Trinajstić information content (AvgIpc) is 2.84. The van der Waals surface area contributed by atoms with Crippen molar-refractivity contribution in [1.29, 1.82) is 0 Å². The molecule has 5 nitrogen and oxygen atoms in total. The Kier molecular flexibility index (Phi) is 3.46. The number of halogens is 2. The smallest absolute Gasteiger partial charge is 0.226 e. The van der Waals surface area contributed by atoms with Crippen molar-refractivity contribution in [1.82, 2.24) is 19.5 Å². The number of hydrogen-bond acceptors (Lipinski definition) is 4. The summed E-state index contributed by atoms with van der Waals surface area (Å²) >= 11 is 11.8. The Morgan fingerprint density at radius 1 is 1.15 bits per heavy atom. The molecule has 1 aromatic carbocycles. The van der Waals surface area contributed by atoms with Crippen molar-refractivity contribution in [2.75, 3.05) is 5.32 Å². The number of fused-ring (bicyclic) bond motifs is 1. The number of anilines is 2. The Balaban J connectivity index is 2.09. The van der Waals surface area contributed by atoms with Gasteiger partial charge in [0, 0.05) is 17.3 Å². The molecule has 0 amide bonds. The fraction of sp³-hybridized carbons (Fsp3) is 0.154. The third-order valence-electron chi connectivity index (χ3n) is 2.89. The Labute approximate surface area is 125 Å². The molecular formula is C13H11Cl2N5. The van der Waals surface area contributed by atoms with Crippen LogP contribution in [0.5, 0.6) is 0 Å². The van der Waals surface area contributed by atoms with E-state index in [0.717, 1.165) is 17.7 Å². The van der Waals surface area contributed by atoms with Crippen molar-refractivity contribution in [3.05, 3.63) is 40.9 Å². The van der Waals surface area contributed by atoms with Crippen molar-refractivity contribution in [2.45, 2.75) is 13.5 Å². The largest absolute Gasteiger partial charge is 0.338 e. The van der Waals surface area contributed by atoms with Crippen LogP contribution in [0.3, 0.4) is 0 Å². The quantitative estimate of drug-likeness (QED) is 0.746. The lowest BCUT2D eigenvalue weighted by Gasteiger charge is -2.09. The summed E-state index contributed by atoms with van der Waals surface area (Å²) in [6.07, 6.45) is 1.72. The van der Waals surface area contributed by atoms with E-state index in [1.807, 2.05) is 23.6 Å². The first-order valence-electron chi connectivity index (χ1n) is 6.08. The fourth-order valence-electron chi connectivity index (χ4n) is 1.95. The van der Waals surface area contributed by atoms with Gasteiger partial charge >= 0.3 is 0 Å². The van der Waals surface area contributed by atoms with Gasteiger partial charge in [-0.05, 0) is 42.8 Å². The van der Waals surface area contributed by atoms with Gasteiger partial charge in [-0.2, -0.15) is 9.97 Å². The minimum Gasteiger partial charge on any atom is -0.338 e. The molecule has 3 rings (SSSR count). The fourth-order valence-corrected chi connectivity index (χ4v) is 2.24. The zero-order valence-electron chi connectivity index (χ0n) is 10.6. The number of benzene rings is 1. The lowest BCUT2D eigenvalue weighted by Crippen LogP contribution is -2.01. The first kappa shape index (κ1) is 13.1. The summed E-state index contributed by atoms with van der Waals surface area (Å²) in [7, 11) is 0. The normalized spacial score (nSPS) is 10.9. The maximum Gasteiger partial charge on any atom is 0.226 e. The van der Waals surface area contributed by atoms with E-state index in [9.17, 15) is 0 Å². The van der Waals surface area contributed by atoms with Crippen LogP contribution in [-0.2, 0) is 6.54 Å². The molecule has 20 heavy (non-hydrogen) atoms. The number of rotatable bonds is 3. The van der Waals surface area contributed by atoms with Crippen LogP contribution in [0.1, 0.15) is 6.92 Å². The molecule has 2 heterocycles. The molecule has 0 atom stereocenters. The molecule has 1 N–H and O–H groups in total. The van der Waals surface area contributed by atoms with E-state index >= 15 is 0 Å². The van der Waals surface area contributed by atoms with E-state index in [-0.39, 0.29) is 5.28 Å². The molecule has 0 aliphatic heterocycles. The number of hydrogen-bond donors (Lipinski definition) is 1. The summed E-state index contributed by atoms with van der Waals surface area (Å²) in [4.78, 5) is 12.6. The number of nitrogens with zero attached hydrogens (tertiary/aromatic N) is 4. The molecule has 0 aliphatic carbocycles. The van der Waals surface area contributed by atoms with Gasteiger partial charge in [0.05, 0.1) is 6.33 Å². The van der Waals surface area contributed by atoms with Crippen molar-refractivity contribution in [3.63, 3.8) is 0 Å². The molecular weight excluding hydrogens is 297 g/mol. The van der Waals surface area contributed by atoms with E-state index in [1.165, 1.54) is 0 Å². The second-order valence-electron chi connectivity index (χ2n) is 4.18. The maximum atomic E-state index is 5.94. The summed E-state index contributed by atoms with van der Waals surface area (Å²) in [5.74, 6) is 0.627. The highest BCUT2D eigenvalue weighted by Gasteiger charge is 2.12. The molecule has 2 aromatic heterocycles. The second-order valence-corrected chi connectivity index (χ2v) is 4.95. The minimum absolute atomic E-state index is 0.162. The zero-order chi connectivity index (χ0) is 14.1. The molecule has 0 saturated heterocycles. The van der Waals surface area contributed by atoms with Gasteiger partial charge < -0.3 is 9.88 Å². The standard InChI is InChI=1S/C13H11Cl2N5/c1-2-20-7-16-11-10(20)12(19-13(15)18-11)17-9-5-3-8(14)4-6-9/h3-7H,2H2,1H3,(H,17,18,19). The van der Waals surface area contributed by atoms with Crippen LogP contribution < -0.4 is 5.32 Å². The lowest BCUT2D eigenvalue weighted by atomic mass is 10.3. The Bertz CT molecular complexity index is 751. The van der Waals surface area contributed by atoms with Crippen LogP contribution in [0.2, 0.25) is 10.3 Å². The number of nitrogens with one attached hydrogen (secondary N) is 1. The molecule has 0 spiro atoms. The van der Waals surface area contributed by atoms with E-state index < -0.39 is 0 Å². The molecule has 0 saturated carbocycles. The number of imidazole rings is 1. The number of aromatic nitrogens is 4. The molecule has 3 aromatic rings. The van der Waals surface area contributed by atoms with E-state index in [0.29, 0.717) is 16.5 Å². The predicted molar refractivity (Wildman–Crippen MR) is 80.7 cm³/mol. The van der Waals surface area contributed by atoms with Gasteiger partial charge in [-0.25, -0.2) is 4.98 Å². The monoisotopic (exact) mass is 307 g/mol. The highest BCUT2D eigenvalue weighted by molar-refractivity contribution is 6.30. The molecule has 0 radical (unpaired) electrons. The van der Waals surface area contributed by atoms with Gasteiger partial charge in [-0.3, -0.25) is 0 Å². The summed E-state index contributed by atoms with van der Waals surface area (Å²) in [6.45, 7) is 2.80. The summed E-state index contributed by atoms with van der Waals surface area (Å²) in [5, 5.41) is 4.06. The molecule has 0 aliphatic rings. The topological polar surface area (TPSA) is 55.6 Å². The van der Waals surface area contributed by atoms with Crippen LogP contribution in [0.15, 0.2) is 30.6 Å². The molecule has 0 bridgehead atoms. The highest BCUT2D eigenvalue weighted by atomic mass is 35.5. The average molecular weight is 308 g/mol. The lowest BCUT2D eigenvalue weighted by molar-refractivity contribution is 0.786. The van der Waals surface area contributed by atoms with Gasteiger partial charge in [0.2, 0.25) is 5.28 Å². The van der Waals surface area contributed by atoms with E-state index in [1.54, 1.807) is 18.5 Å². The van der Waals surface area contributed by atoms with Gasteiger partial charge in [-0.1, -0.05) is 11.6 Å². The summed E-state index contributed by atoms with van der Waals surface area (Å²) in [6, 6.07) is 7.36. The van der Waals surface area contributed by atoms with Crippen LogP contribution >= 0.6 is 23.2 Å². The molecule has 102 valence electrons. The van der Waals surface area contributed by atoms with Gasteiger partial charge in [-0.15, -0.1) is 0 Å². The third kappa shape index (κ3) is 2.42. The SMILES string of the molecule is CCn1cnc2nc(Cl)nc(Nc3ccc(Cl)cc3)c21. The Hall–Kier alpha value is -1.85.